The van der Waals surface area contributed by atoms with Crippen molar-refractivity contribution in [3.8, 4) is 0 Å². The fourth-order valence-electron chi connectivity index (χ4n) is 0.776. The quantitative estimate of drug-likeness (QED) is 0.669. The van der Waals surface area contributed by atoms with Gasteiger partial charge in [-0.3, -0.25) is 0 Å². The third kappa shape index (κ3) is 9.96. The lowest BCUT2D eigenvalue weighted by Gasteiger charge is -2.05. The summed E-state index contributed by atoms with van der Waals surface area (Å²) in [4.78, 5) is 0. The second-order valence-corrected chi connectivity index (χ2v) is 3.53. The van der Waals surface area contributed by atoms with Crippen LogP contribution in [0.3, 0.4) is 0 Å². The van der Waals surface area contributed by atoms with Crippen molar-refractivity contribution < 1.29 is 0 Å². The molecule has 0 spiro atoms. The summed E-state index contributed by atoms with van der Waals surface area (Å²) >= 11 is 0. The maximum Gasteiger partial charge on any atom is 0.00104 e. The van der Waals surface area contributed by atoms with E-state index in [1.54, 1.807) is 0 Å². The van der Waals surface area contributed by atoms with Gasteiger partial charge in [-0.05, 0) is 13.3 Å². The molecule has 1 unspecified atom stereocenters. The van der Waals surface area contributed by atoms with Crippen molar-refractivity contribution in [3.63, 3.8) is 0 Å². The molecule has 1 heteroatoms. The molecule has 0 radical (unpaired) electrons. The Labute approximate surface area is 71.4 Å². The van der Waals surface area contributed by atoms with Crippen LogP contribution in [0.15, 0.2) is 0 Å². The van der Waals surface area contributed by atoms with E-state index in [1.807, 2.05) is 0 Å². The maximum absolute atomic E-state index is 5.48. The number of hydrogen-bond acceptors (Lipinski definition) is 1. The number of hydrogen-bond donors (Lipinski definition) is 1. The molecule has 1 atom stereocenters. The van der Waals surface area contributed by atoms with Gasteiger partial charge in [0.2, 0.25) is 0 Å². The van der Waals surface area contributed by atoms with Crippen molar-refractivity contribution in [1.29, 1.82) is 0 Å². The molecular formula is C10H23N. The fourth-order valence-corrected chi connectivity index (χ4v) is 0.776. The Morgan fingerprint density at radius 3 is 1.73 bits per heavy atom. The molecule has 0 aromatic heterocycles. The minimum Gasteiger partial charge on any atom is -0.328 e. The van der Waals surface area contributed by atoms with Crippen LogP contribution in [0.5, 0.6) is 0 Å². The van der Waals surface area contributed by atoms with E-state index in [-0.39, 0.29) is 0 Å². The van der Waals surface area contributed by atoms with Gasteiger partial charge in [-0.15, -0.1) is 0 Å². The predicted molar refractivity (Wildman–Crippen MR) is 51.6 cm³/mol. The van der Waals surface area contributed by atoms with Crippen LogP contribution in [-0.2, 0) is 0 Å². The SMILES string of the molecule is C1CCC1.CCCCC(C)N. The van der Waals surface area contributed by atoms with Gasteiger partial charge in [-0.2, -0.15) is 0 Å². The summed E-state index contributed by atoms with van der Waals surface area (Å²) in [6, 6.07) is 0.403. The molecule has 1 fully saturated rings. The lowest BCUT2D eigenvalue weighted by atomic mass is 10.0. The summed E-state index contributed by atoms with van der Waals surface area (Å²) in [5.41, 5.74) is 5.48. The lowest BCUT2D eigenvalue weighted by molar-refractivity contribution is 0.504. The van der Waals surface area contributed by atoms with Gasteiger partial charge in [0.05, 0.1) is 0 Å². The van der Waals surface area contributed by atoms with Gasteiger partial charge in [0.15, 0.2) is 0 Å². The summed E-state index contributed by atoms with van der Waals surface area (Å²) in [5, 5.41) is 0. The highest BCUT2D eigenvalue weighted by atomic mass is 14.6. The van der Waals surface area contributed by atoms with Gasteiger partial charge >= 0.3 is 0 Å². The molecule has 1 aliphatic carbocycles. The Bertz CT molecular complexity index is 61.3. The third-order valence-electron chi connectivity index (χ3n) is 2.01. The van der Waals surface area contributed by atoms with Crippen molar-refractivity contribution >= 4 is 0 Å². The average molecular weight is 157 g/mol. The monoisotopic (exact) mass is 157 g/mol. The summed E-state index contributed by atoms with van der Waals surface area (Å²) in [7, 11) is 0. The molecule has 1 saturated carbocycles. The summed E-state index contributed by atoms with van der Waals surface area (Å²) < 4.78 is 0. The Morgan fingerprint density at radius 2 is 1.64 bits per heavy atom. The van der Waals surface area contributed by atoms with Crippen molar-refractivity contribution in [1.82, 2.24) is 0 Å². The first-order valence-electron chi connectivity index (χ1n) is 5.03. The van der Waals surface area contributed by atoms with Crippen molar-refractivity contribution in [3.05, 3.63) is 0 Å². The first kappa shape index (κ1) is 11.0. The van der Waals surface area contributed by atoms with Crippen LogP contribution < -0.4 is 5.73 Å². The zero-order chi connectivity index (χ0) is 8.53. The van der Waals surface area contributed by atoms with E-state index in [4.69, 9.17) is 5.73 Å². The highest BCUT2D eigenvalue weighted by molar-refractivity contribution is 4.51. The fraction of sp³-hybridized carbons (Fsp3) is 1.00. The molecule has 1 aliphatic rings. The Morgan fingerprint density at radius 1 is 1.18 bits per heavy atom. The van der Waals surface area contributed by atoms with E-state index in [2.05, 4.69) is 13.8 Å². The van der Waals surface area contributed by atoms with Gasteiger partial charge in [0.25, 0.3) is 0 Å². The first-order chi connectivity index (χ1) is 5.27. The second-order valence-electron chi connectivity index (χ2n) is 3.53. The molecule has 2 N–H and O–H groups in total. The molecule has 0 aliphatic heterocycles. The molecule has 0 saturated heterocycles. The molecule has 68 valence electrons. The minimum atomic E-state index is 0.403. The molecule has 0 aromatic rings. The Kier molecular flexibility index (Phi) is 8.03. The number of unbranched alkanes of at least 4 members (excludes halogenated alkanes) is 1. The van der Waals surface area contributed by atoms with Crippen molar-refractivity contribution in [2.45, 2.75) is 64.8 Å². The Balaban J connectivity index is 0.000000207. The number of rotatable bonds is 3. The van der Waals surface area contributed by atoms with Crippen LogP contribution in [-0.4, -0.2) is 6.04 Å². The van der Waals surface area contributed by atoms with Crippen LogP contribution in [0.4, 0.5) is 0 Å². The molecule has 1 nitrogen and oxygen atoms in total. The third-order valence-corrected chi connectivity index (χ3v) is 2.01. The van der Waals surface area contributed by atoms with Gasteiger partial charge < -0.3 is 5.73 Å². The zero-order valence-electron chi connectivity index (χ0n) is 8.10. The lowest BCUT2D eigenvalue weighted by Crippen LogP contribution is -2.13. The van der Waals surface area contributed by atoms with Crippen molar-refractivity contribution in [2.24, 2.45) is 5.73 Å². The van der Waals surface area contributed by atoms with Gasteiger partial charge in [0.1, 0.15) is 0 Å². The first-order valence-corrected chi connectivity index (χ1v) is 5.03. The molecule has 0 heterocycles. The molecule has 0 aromatic carbocycles. The number of nitrogens with two attached hydrogens (primary N) is 1. The van der Waals surface area contributed by atoms with Gasteiger partial charge in [0, 0.05) is 6.04 Å². The zero-order valence-corrected chi connectivity index (χ0v) is 8.10. The highest BCUT2D eigenvalue weighted by Gasteiger charge is 1.95. The van der Waals surface area contributed by atoms with Crippen LogP contribution in [0.2, 0.25) is 0 Å². The maximum atomic E-state index is 5.48. The smallest absolute Gasteiger partial charge is 0.00104 e. The molecule has 11 heavy (non-hydrogen) atoms. The minimum absolute atomic E-state index is 0.403. The molecule has 0 amide bonds. The van der Waals surface area contributed by atoms with Crippen LogP contribution >= 0.6 is 0 Å². The summed E-state index contributed by atoms with van der Waals surface area (Å²) in [6.45, 7) is 4.23. The normalized spacial score (nSPS) is 17.7. The van der Waals surface area contributed by atoms with Crippen LogP contribution in [0.25, 0.3) is 0 Å². The van der Waals surface area contributed by atoms with Crippen molar-refractivity contribution in [2.75, 3.05) is 0 Å². The van der Waals surface area contributed by atoms with Gasteiger partial charge in [-0.25, -0.2) is 0 Å². The van der Waals surface area contributed by atoms with Gasteiger partial charge in [-0.1, -0.05) is 45.4 Å². The largest absolute Gasteiger partial charge is 0.328 e. The van der Waals surface area contributed by atoms with E-state index >= 15 is 0 Å². The van der Waals surface area contributed by atoms with E-state index < -0.39 is 0 Å². The van der Waals surface area contributed by atoms with E-state index in [0.29, 0.717) is 6.04 Å². The highest BCUT2D eigenvalue weighted by Crippen LogP contribution is 2.15. The molecular weight excluding hydrogens is 134 g/mol. The predicted octanol–water partition coefficient (Wildman–Crippen LogP) is 3.08. The topological polar surface area (TPSA) is 26.0 Å². The van der Waals surface area contributed by atoms with E-state index in [1.165, 1.54) is 44.9 Å². The van der Waals surface area contributed by atoms with Crippen LogP contribution in [0.1, 0.15) is 58.8 Å². The molecule has 1 rings (SSSR count). The molecule has 0 bridgehead atoms. The van der Waals surface area contributed by atoms with E-state index in [9.17, 15) is 0 Å². The summed E-state index contributed by atoms with van der Waals surface area (Å²) in [6.07, 6.45) is 9.72. The Hall–Kier alpha value is -0.0400. The van der Waals surface area contributed by atoms with Crippen LogP contribution in [0, 0.1) is 0 Å². The average Bonchev–Trinajstić information content (AvgIpc) is 1.79. The summed E-state index contributed by atoms with van der Waals surface area (Å²) in [5.74, 6) is 0. The standard InChI is InChI=1S/C6H15N.C4H8/c1-3-4-5-6(2)7;1-2-4-3-1/h6H,3-5,7H2,1-2H3;1-4H2. The van der Waals surface area contributed by atoms with E-state index in [0.717, 1.165) is 0 Å². The second kappa shape index (κ2) is 8.06.